The molecule has 1 aliphatic rings. The molecule has 0 spiro atoms. The Labute approximate surface area is 113 Å². The number of amides is 1. The fourth-order valence-electron chi connectivity index (χ4n) is 2.32. The van der Waals surface area contributed by atoms with Crippen LogP contribution in [0.25, 0.3) is 0 Å². The Morgan fingerprint density at radius 2 is 1.95 bits per heavy atom. The zero-order valence-corrected chi connectivity index (χ0v) is 11.6. The van der Waals surface area contributed by atoms with E-state index in [4.69, 9.17) is 10.5 Å². The van der Waals surface area contributed by atoms with Crippen LogP contribution in [0.2, 0.25) is 0 Å². The lowest BCUT2D eigenvalue weighted by molar-refractivity contribution is -0.129. The van der Waals surface area contributed by atoms with Gasteiger partial charge in [-0.15, -0.1) is 0 Å². The third-order valence-corrected chi connectivity index (χ3v) is 3.31. The molecule has 2 rings (SSSR count). The predicted molar refractivity (Wildman–Crippen MR) is 76.5 cm³/mol. The Morgan fingerprint density at radius 3 is 2.53 bits per heavy atom. The van der Waals surface area contributed by atoms with Gasteiger partial charge in [0.15, 0.2) is 0 Å². The number of nitrogen functional groups attached to an aromatic ring is 1. The molecule has 19 heavy (non-hydrogen) atoms. The van der Waals surface area contributed by atoms with Gasteiger partial charge in [-0.3, -0.25) is 4.79 Å². The zero-order chi connectivity index (χ0) is 13.8. The number of rotatable bonds is 3. The number of nitrogens with two attached hydrogens (primary N) is 1. The van der Waals surface area contributed by atoms with E-state index in [1.807, 2.05) is 30.0 Å². The summed E-state index contributed by atoms with van der Waals surface area (Å²) in [5.41, 5.74) is 7.67. The molecule has 0 aromatic heterocycles. The van der Waals surface area contributed by atoms with Crippen molar-refractivity contribution in [3.05, 3.63) is 18.2 Å². The highest BCUT2D eigenvalue weighted by Gasteiger charge is 2.19. The number of hydrogen-bond acceptors (Lipinski definition) is 4. The van der Waals surface area contributed by atoms with Gasteiger partial charge in [-0.25, -0.2) is 0 Å². The van der Waals surface area contributed by atoms with Crippen LogP contribution in [0.3, 0.4) is 0 Å². The fraction of sp³-hybridized carbons (Fsp3) is 0.500. The quantitative estimate of drug-likeness (QED) is 0.836. The molecule has 1 aromatic rings. The number of ether oxygens (including phenoxy) is 1. The predicted octanol–water partition coefficient (Wildman–Crippen LogP) is 1.34. The first-order chi connectivity index (χ1) is 9.10. The number of carbonyl (C=O) groups is 1. The van der Waals surface area contributed by atoms with E-state index in [0.29, 0.717) is 12.3 Å². The van der Waals surface area contributed by atoms with Crippen molar-refractivity contribution in [2.24, 2.45) is 0 Å². The Morgan fingerprint density at radius 1 is 1.26 bits per heavy atom. The average Bonchev–Trinajstić information content (AvgIpc) is 2.38. The molecule has 5 nitrogen and oxygen atoms in total. The normalized spacial score (nSPS) is 15.5. The van der Waals surface area contributed by atoms with Gasteiger partial charge >= 0.3 is 0 Å². The molecular weight excluding hydrogens is 242 g/mol. The molecule has 2 N–H and O–H groups in total. The summed E-state index contributed by atoms with van der Waals surface area (Å²) in [6.07, 6.45) is 0. The number of piperazine rings is 1. The molecule has 0 atom stereocenters. The SMILES string of the molecule is CCOc1cc(N)cc(N2CCN(C(C)=O)CC2)c1. The van der Waals surface area contributed by atoms with Crippen molar-refractivity contribution < 1.29 is 9.53 Å². The molecule has 1 fully saturated rings. The monoisotopic (exact) mass is 263 g/mol. The summed E-state index contributed by atoms with van der Waals surface area (Å²) >= 11 is 0. The van der Waals surface area contributed by atoms with Gasteiger partial charge in [0.1, 0.15) is 5.75 Å². The van der Waals surface area contributed by atoms with E-state index in [1.165, 1.54) is 0 Å². The number of benzene rings is 1. The largest absolute Gasteiger partial charge is 0.494 e. The first kappa shape index (κ1) is 13.5. The molecule has 0 bridgehead atoms. The maximum absolute atomic E-state index is 11.3. The molecule has 0 unspecified atom stereocenters. The molecule has 104 valence electrons. The zero-order valence-electron chi connectivity index (χ0n) is 11.6. The second-order valence-corrected chi connectivity index (χ2v) is 4.69. The third kappa shape index (κ3) is 3.30. The lowest BCUT2D eigenvalue weighted by Gasteiger charge is -2.35. The highest BCUT2D eigenvalue weighted by molar-refractivity contribution is 5.73. The van der Waals surface area contributed by atoms with Crippen LogP contribution in [-0.2, 0) is 4.79 Å². The molecule has 1 heterocycles. The molecule has 1 aliphatic heterocycles. The molecule has 0 saturated carbocycles. The first-order valence-corrected chi connectivity index (χ1v) is 6.64. The van der Waals surface area contributed by atoms with E-state index < -0.39 is 0 Å². The van der Waals surface area contributed by atoms with Crippen molar-refractivity contribution in [1.82, 2.24) is 4.90 Å². The van der Waals surface area contributed by atoms with E-state index in [0.717, 1.165) is 37.6 Å². The molecule has 1 aromatic carbocycles. The molecule has 1 saturated heterocycles. The van der Waals surface area contributed by atoms with E-state index in [-0.39, 0.29) is 5.91 Å². The van der Waals surface area contributed by atoms with Crippen LogP contribution in [-0.4, -0.2) is 43.6 Å². The highest BCUT2D eigenvalue weighted by Crippen LogP contribution is 2.26. The van der Waals surface area contributed by atoms with Gasteiger partial charge in [0.05, 0.1) is 6.61 Å². The number of anilines is 2. The smallest absolute Gasteiger partial charge is 0.219 e. The maximum Gasteiger partial charge on any atom is 0.219 e. The van der Waals surface area contributed by atoms with Crippen LogP contribution < -0.4 is 15.4 Å². The van der Waals surface area contributed by atoms with E-state index in [2.05, 4.69) is 4.90 Å². The van der Waals surface area contributed by atoms with Crippen LogP contribution >= 0.6 is 0 Å². The van der Waals surface area contributed by atoms with Crippen LogP contribution in [0, 0.1) is 0 Å². The summed E-state index contributed by atoms with van der Waals surface area (Å²) in [4.78, 5) is 15.4. The van der Waals surface area contributed by atoms with Gasteiger partial charge in [-0.2, -0.15) is 0 Å². The first-order valence-electron chi connectivity index (χ1n) is 6.64. The van der Waals surface area contributed by atoms with Crippen LogP contribution in [0.1, 0.15) is 13.8 Å². The molecule has 0 aliphatic carbocycles. The van der Waals surface area contributed by atoms with Gasteiger partial charge in [-0.1, -0.05) is 0 Å². The minimum Gasteiger partial charge on any atom is -0.494 e. The summed E-state index contributed by atoms with van der Waals surface area (Å²) in [5, 5.41) is 0. The van der Waals surface area contributed by atoms with E-state index >= 15 is 0 Å². The minimum atomic E-state index is 0.141. The Kier molecular flexibility index (Phi) is 4.14. The summed E-state index contributed by atoms with van der Waals surface area (Å²) in [6.45, 7) is 7.37. The average molecular weight is 263 g/mol. The Bertz CT molecular complexity index is 454. The van der Waals surface area contributed by atoms with Crippen LogP contribution in [0.15, 0.2) is 18.2 Å². The van der Waals surface area contributed by atoms with Gasteiger partial charge in [0.2, 0.25) is 5.91 Å². The van der Waals surface area contributed by atoms with Crippen molar-refractivity contribution in [3.8, 4) is 5.75 Å². The van der Waals surface area contributed by atoms with Gasteiger partial charge < -0.3 is 20.3 Å². The Hall–Kier alpha value is -1.91. The standard InChI is InChI=1S/C14H21N3O2/c1-3-19-14-9-12(15)8-13(10-14)17-6-4-16(5-7-17)11(2)18/h8-10H,3-7,15H2,1-2H3. The topological polar surface area (TPSA) is 58.8 Å². The molecule has 5 heteroatoms. The number of carbonyl (C=O) groups excluding carboxylic acids is 1. The third-order valence-electron chi connectivity index (χ3n) is 3.31. The molecular formula is C14H21N3O2. The summed E-state index contributed by atoms with van der Waals surface area (Å²) in [7, 11) is 0. The molecule has 0 radical (unpaired) electrons. The van der Waals surface area contributed by atoms with Crippen molar-refractivity contribution in [2.75, 3.05) is 43.4 Å². The summed E-state index contributed by atoms with van der Waals surface area (Å²) in [5.74, 6) is 0.939. The summed E-state index contributed by atoms with van der Waals surface area (Å²) < 4.78 is 5.51. The lowest BCUT2D eigenvalue weighted by Crippen LogP contribution is -2.48. The lowest BCUT2D eigenvalue weighted by atomic mass is 10.2. The maximum atomic E-state index is 11.3. The van der Waals surface area contributed by atoms with Crippen molar-refractivity contribution in [3.63, 3.8) is 0 Å². The summed E-state index contributed by atoms with van der Waals surface area (Å²) in [6, 6.07) is 5.79. The van der Waals surface area contributed by atoms with Gasteiger partial charge in [0.25, 0.3) is 0 Å². The number of nitrogens with zero attached hydrogens (tertiary/aromatic N) is 2. The van der Waals surface area contributed by atoms with E-state index in [9.17, 15) is 4.79 Å². The second-order valence-electron chi connectivity index (χ2n) is 4.69. The van der Waals surface area contributed by atoms with E-state index in [1.54, 1.807) is 6.92 Å². The minimum absolute atomic E-state index is 0.141. The second kappa shape index (κ2) is 5.82. The fourth-order valence-corrected chi connectivity index (χ4v) is 2.32. The van der Waals surface area contributed by atoms with Crippen molar-refractivity contribution in [1.29, 1.82) is 0 Å². The van der Waals surface area contributed by atoms with Gasteiger partial charge in [0, 0.05) is 56.6 Å². The van der Waals surface area contributed by atoms with Crippen LogP contribution in [0.5, 0.6) is 5.75 Å². The van der Waals surface area contributed by atoms with Crippen molar-refractivity contribution in [2.45, 2.75) is 13.8 Å². The Balaban J connectivity index is 2.08. The highest BCUT2D eigenvalue weighted by atomic mass is 16.5. The van der Waals surface area contributed by atoms with Gasteiger partial charge in [-0.05, 0) is 13.0 Å². The van der Waals surface area contributed by atoms with Crippen molar-refractivity contribution >= 4 is 17.3 Å². The molecule has 1 amide bonds. The van der Waals surface area contributed by atoms with Crippen LogP contribution in [0.4, 0.5) is 11.4 Å². The number of hydrogen-bond donors (Lipinski definition) is 1.